The average Bonchev–Trinajstić information content (AvgIpc) is 3.23. The van der Waals surface area contributed by atoms with Crippen LogP contribution in [0.25, 0.3) is 0 Å². The van der Waals surface area contributed by atoms with Crippen LogP contribution in [0, 0.1) is 6.92 Å². The largest absolute Gasteiger partial charge is 0.486 e. The molecule has 0 saturated carbocycles. The Labute approximate surface area is 159 Å². The van der Waals surface area contributed by atoms with Crippen molar-refractivity contribution in [2.75, 3.05) is 18.5 Å². The minimum absolute atomic E-state index is 0.0541. The molecule has 0 unspecified atom stereocenters. The third kappa shape index (κ3) is 4.04. The zero-order valence-corrected chi connectivity index (χ0v) is 15.0. The molecule has 1 aromatic heterocycles. The number of anilines is 1. The number of benzene rings is 1. The van der Waals surface area contributed by atoms with E-state index in [0.717, 1.165) is 10.5 Å². The number of amides is 2. The van der Waals surface area contributed by atoms with Crippen LogP contribution in [0.1, 0.15) is 21.9 Å². The number of aryl methyl sites for hydroxylation is 1. The monoisotopic (exact) mass is 386 g/mol. The molecule has 2 heterocycles. The maximum Gasteiger partial charge on any atom is 0.371 e. The van der Waals surface area contributed by atoms with E-state index in [0.29, 0.717) is 17.2 Å². The fourth-order valence-electron chi connectivity index (χ4n) is 2.65. The number of aromatic carboxylic acids is 1. The predicted molar refractivity (Wildman–Crippen MR) is 96.7 cm³/mol. The molecule has 1 aliphatic rings. The normalized spacial score (nSPS) is 13.6. The van der Waals surface area contributed by atoms with Crippen LogP contribution in [0.15, 0.2) is 46.5 Å². The van der Waals surface area contributed by atoms with Gasteiger partial charge in [-0.05, 0) is 42.8 Å². The second kappa shape index (κ2) is 7.97. The van der Waals surface area contributed by atoms with Crippen LogP contribution < -0.4 is 10.1 Å². The Bertz CT molecular complexity index is 961. The van der Waals surface area contributed by atoms with Gasteiger partial charge in [0.15, 0.2) is 0 Å². The molecule has 0 aliphatic carbocycles. The highest BCUT2D eigenvalue weighted by molar-refractivity contribution is 6.17. The molecular weight excluding hydrogens is 368 g/mol. The number of carboxylic acids is 1. The van der Waals surface area contributed by atoms with Crippen molar-refractivity contribution in [1.82, 2.24) is 4.90 Å². The molecule has 9 heteroatoms. The molecule has 28 heavy (non-hydrogen) atoms. The Morgan fingerprint density at radius 3 is 2.68 bits per heavy atom. The second-order valence-corrected chi connectivity index (χ2v) is 6.04. The molecule has 0 bridgehead atoms. The van der Waals surface area contributed by atoms with Crippen molar-refractivity contribution < 1.29 is 33.8 Å². The molecule has 2 aromatic rings. The number of carbonyl (C=O) groups is 3. The lowest BCUT2D eigenvalue weighted by atomic mass is 10.2. The number of carboxylic acid groups (broad SMARTS) is 1. The number of aliphatic hydroxyl groups excluding tert-OH is 1. The maximum atomic E-state index is 12.2. The molecule has 1 aromatic carbocycles. The van der Waals surface area contributed by atoms with Crippen LogP contribution in [-0.2, 0) is 16.2 Å². The van der Waals surface area contributed by atoms with E-state index < -0.39 is 17.8 Å². The van der Waals surface area contributed by atoms with E-state index >= 15 is 0 Å². The number of nitrogens with zero attached hydrogens (tertiary/aromatic N) is 1. The van der Waals surface area contributed by atoms with Gasteiger partial charge >= 0.3 is 5.97 Å². The van der Waals surface area contributed by atoms with E-state index in [-0.39, 0.29) is 31.2 Å². The molecule has 0 radical (unpaired) electrons. The first-order valence-electron chi connectivity index (χ1n) is 8.40. The van der Waals surface area contributed by atoms with E-state index in [2.05, 4.69) is 5.32 Å². The summed E-state index contributed by atoms with van der Waals surface area (Å²) in [5.74, 6) is -1.37. The Kier molecular flexibility index (Phi) is 5.46. The minimum Gasteiger partial charge on any atom is -0.486 e. The third-order valence-electron chi connectivity index (χ3n) is 4.05. The number of ether oxygens (including phenoxy) is 1. The van der Waals surface area contributed by atoms with Crippen molar-refractivity contribution in [2.24, 2.45) is 0 Å². The van der Waals surface area contributed by atoms with Crippen molar-refractivity contribution in [1.29, 1.82) is 0 Å². The molecule has 0 spiro atoms. The molecule has 2 amide bonds. The summed E-state index contributed by atoms with van der Waals surface area (Å²) in [4.78, 5) is 35.7. The number of hydrogen-bond donors (Lipinski definition) is 3. The first-order valence-corrected chi connectivity index (χ1v) is 8.40. The van der Waals surface area contributed by atoms with Gasteiger partial charge in [-0.15, -0.1) is 0 Å². The summed E-state index contributed by atoms with van der Waals surface area (Å²) in [6.45, 7) is 1.51. The number of carbonyl (C=O) groups excluding carboxylic acids is 2. The zero-order valence-electron chi connectivity index (χ0n) is 15.0. The van der Waals surface area contributed by atoms with Crippen LogP contribution in [0.4, 0.5) is 5.69 Å². The summed E-state index contributed by atoms with van der Waals surface area (Å²) >= 11 is 0. The summed E-state index contributed by atoms with van der Waals surface area (Å²) in [5, 5.41) is 20.7. The molecule has 1 aliphatic heterocycles. The number of rotatable bonds is 8. The number of nitrogens with one attached hydrogen (secondary N) is 1. The highest BCUT2D eigenvalue weighted by atomic mass is 16.5. The van der Waals surface area contributed by atoms with Crippen LogP contribution in [0.2, 0.25) is 0 Å². The van der Waals surface area contributed by atoms with E-state index in [1.54, 1.807) is 25.1 Å². The molecule has 0 atom stereocenters. The van der Waals surface area contributed by atoms with E-state index in [1.165, 1.54) is 18.2 Å². The zero-order chi connectivity index (χ0) is 20.3. The third-order valence-corrected chi connectivity index (χ3v) is 4.05. The first-order chi connectivity index (χ1) is 13.4. The van der Waals surface area contributed by atoms with Crippen LogP contribution in [-0.4, -0.2) is 46.0 Å². The van der Waals surface area contributed by atoms with Crippen molar-refractivity contribution in [3.8, 4) is 5.75 Å². The van der Waals surface area contributed by atoms with Gasteiger partial charge in [-0.25, -0.2) is 4.79 Å². The molecule has 3 rings (SSSR count). The fraction of sp³-hybridized carbons (Fsp3) is 0.211. The lowest BCUT2D eigenvalue weighted by molar-refractivity contribution is -0.137. The van der Waals surface area contributed by atoms with Gasteiger partial charge in [0.2, 0.25) is 5.76 Å². The van der Waals surface area contributed by atoms with Crippen LogP contribution in [0.3, 0.4) is 0 Å². The fourth-order valence-corrected chi connectivity index (χ4v) is 2.65. The van der Waals surface area contributed by atoms with Gasteiger partial charge in [0.05, 0.1) is 13.2 Å². The summed E-state index contributed by atoms with van der Waals surface area (Å²) < 4.78 is 10.7. The van der Waals surface area contributed by atoms with E-state index in [9.17, 15) is 14.4 Å². The average molecular weight is 386 g/mol. The Morgan fingerprint density at radius 2 is 2.04 bits per heavy atom. The molecule has 0 saturated heterocycles. The smallest absolute Gasteiger partial charge is 0.371 e. The van der Waals surface area contributed by atoms with Gasteiger partial charge in [0.25, 0.3) is 11.8 Å². The van der Waals surface area contributed by atoms with Gasteiger partial charge in [-0.3, -0.25) is 14.5 Å². The molecular formula is C19H18N2O7. The molecule has 9 nitrogen and oxygen atoms in total. The highest BCUT2D eigenvalue weighted by Gasteiger charge is 2.30. The summed E-state index contributed by atoms with van der Waals surface area (Å²) in [6.07, 6.45) is 1.19. The Hall–Kier alpha value is -3.59. The quantitative estimate of drug-likeness (QED) is 0.583. The highest BCUT2D eigenvalue weighted by Crippen LogP contribution is 2.25. The van der Waals surface area contributed by atoms with Crippen molar-refractivity contribution in [3.63, 3.8) is 0 Å². The van der Waals surface area contributed by atoms with Crippen molar-refractivity contribution >= 4 is 23.5 Å². The van der Waals surface area contributed by atoms with Gasteiger partial charge < -0.3 is 24.7 Å². The lowest BCUT2D eigenvalue weighted by Gasteiger charge is -2.15. The summed E-state index contributed by atoms with van der Waals surface area (Å²) in [6, 6.07) is 7.98. The number of furan rings is 1. The summed E-state index contributed by atoms with van der Waals surface area (Å²) in [7, 11) is 0. The van der Waals surface area contributed by atoms with Gasteiger partial charge in [0, 0.05) is 11.8 Å². The molecule has 146 valence electrons. The lowest BCUT2D eigenvalue weighted by Crippen LogP contribution is -2.34. The van der Waals surface area contributed by atoms with Gasteiger partial charge in [-0.2, -0.15) is 0 Å². The summed E-state index contributed by atoms with van der Waals surface area (Å²) in [5.41, 5.74) is 1.52. The number of aliphatic hydroxyl groups is 1. The number of hydrogen-bond acceptors (Lipinski definition) is 7. The van der Waals surface area contributed by atoms with Crippen molar-refractivity contribution in [2.45, 2.75) is 13.5 Å². The SMILES string of the molecule is Cc1cc(OCc2ccc(C(=O)O)o2)ccc1NC1=CC(=O)N(CCO)C1=O. The van der Waals surface area contributed by atoms with Crippen molar-refractivity contribution in [3.05, 3.63) is 59.2 Å². The van der Waals surface area contributed by atoms with Crippen LogP contribution in [0.5, 0.6) is 5.75 Å². The maximum absolute atomic E-state index is 12.2. The number of imide groups is 1. The molecule has 3 N–H and O–H groups in total. The Morgan fingerprint density at radius 1 is 1.25 bits per heavy atom. The van der Waals surface area contributed by atoms with E-state index in [4.69, 9.17) is 19.4 Å². The minimum atomic E-state index is -1.15. The first kappa shape index (κ1) is 19.2. The predicted octanol–water partition coefficient (Wildman–Crippen LogP) is 1.52. The van der Waals surface area contributed by atoms with E-state index in [1.807, 2.05) is 0 Å². The topological polar surface area (TPSA) is 129 Å². The number of β-amino-alcohol motifs (C(OH)–C–C–N with tert-alkyl or cyclic N) is 1. The van der Waals surface area contributed by atoms with Gasteiger partial charge in [-0.1, -0.05) is 0 Å². The standard InChI is InChI=1S/C19H18N2O7/c1-11-8-12(27-10-13-3-5-16(28-13)19(25)26)2-4-14(11)20-15-9-17(23)21(6-7-22)18(15)24/h2-5,8-9,20,22H,6-7,10H2,1H3,(H,25,26). The van der Waals surface area contributed by atoms with Crippen LogP contribution >= 0.6 is 0 Å². The molecule has 0 fully saturated rings. The van der Waals surface area contributed by atoms with Gasteiger partial charge in [0.1, 0.15) is 23.8 Å². The second-order valence-electron chi connectivity index (χ2n) is 6.04. The Balaban J connectivity index is 1.64.